The van der Waals surface area contributed by atoms with Gasteiger partial charge in [-0.1, -0.05) is 18.2 Å². The molecule has 0 aliphatic heterocycles. The van der Waals surface area contributed by atoms with Crippen molar-refractivity contribution in [2.75, 3.05) is 20.1 Å². The van der Waals surface area contributed by atoms with Crippen LogP contribution in [0.2, 0.25) is 0 Å². The normalized spacial score (nSPS) is 11.5. The van der Waals surface area contributed by atoms with Crippen molar-refractivity contribution in [3.63, 3.8) is 0 Å². The van der Waals surface area contributed by atoms with Crippen LogP contribution < -0.4 is 10.6 Å². The van der Waals surface area contributed by atoms with Gasteiger partial charge in [0.25, 0.3) is 0 Å². The first-order chi connectivity index (χ1) is 12.6. The highest BCUT2D eigenvalue weighted by molar-refractivity contribution is 14.0. The number of benzene rings is 1. The molecule has 3 aromatic rings. The average molecular weight is 497 g/mol. The van der Waals surface area contributed by atoms with Gasteiger partial charge in [-0.3, -0.25) is 4.99 Å². The molecular formula is C20H28IN5S. The van der Waals surface area contributed by atoms with Crippen LogP contribution in [-0.2, 0) is 12.8 Å². The minimum atomic E-state index is 0. The molecule has 27 heavy (non-hydrogen) atoms. The van der Waals surface area contributed by atoms with Crippen LogP contribution in [-0.4, -0.2) is 36.1 Å². The first-order valence-corrected chi connectivity index (χ1v) is 9.83. The summed E-state index contributed by atoms with van der Waals surface area (Å²) >= 11 is 1.78. The molecule has 2 heterocycles. The van der Waals surface area contributed by atoms with Crippen LogP contribution in [0.4, 0.5) is 0 Å². The van der Waals surface area contributed by atoms with E-state index in [2.05, 4.69) is 70.8 Å². The molecule has 0 atom stereocenters. The van der Waals surface area contributed by atoms with Gasteiger partial charge in [0, 0.05) is 48.5 Å². The summed E-state index contributed by atoms with van der Waals surface area (Å²) in [4.78, 5) is 13.6. The number of aryl methyl sites for hydroxylation is 3. The van der Waals surface area contributed by atoms with Gasteiger partial charge in [-0.25, -0.2) is 4.98 Å². The predicted octanol–water partition coefficient (Wildman–Crippen LogP) is 4.12. The minimum absolute atomic E-state index is 0. The van der Waals surface area contributed by atoms with Crippen LogP contribution in [0.5, 0.6) is 0 Å². The molecule has 0 saturated carbocycles. The fraction of sp³-hybridized carbons (Fsp3) is 0.400. The number of aromatic amines is 1. The second-order valence-corrected chi connectivity index (χ2v) is 7.77. The summed E-state index contributed by atoms with van der Waals surface area (Å²) < 4.78 is 0. The van der Waals surface area contributed by atoms with Gasteiger partial charge in [0.15, 0.2) is 5.96 Å². The lowest BCUT2D eigenvalue weighted by molar-refractivity contribution is 0.782. The first-order valence-electron chi connectivity index (χ1n) is 9.01. The first kappa shape index (κ1) is 21.7. The van der Waals surface area contributed by atoms with Crippen molar-refractivity contribution in [2.24, 2.45) is 4.99 Å². The third kappa shape index (κ3) is 5.44. The summed E-state index contributed by atoms with van der Waals surface area (Å²) in [7, 11) is 1.81. The Bertz CT molecular complexity index is 893. The van der Waals surface area contributed by atoms with Gasteiger partial charge in [0.2, 0.25) is 0 Å². The Kier molecular flexibility index (Phi) is 8.09. The van der Waals surface area contributed by atoms with Crippen molar-refractivity contribution in [3.05, 3.63) is 51.1 Å². The Hall–Kier alpha value is -1.61. The molecule has 1 aromatic carbocycles. The van der Waals surface area contributed by atoms with Gasteiger partial charge < -0.3 is 15.6 Å². The van der Waals surface area contributed by atoms with Crippen LogP contribution >= 0.6 is 35.3 Å². The Balaban J connectivity index is 0.00000261. The van der Waals surface area contributed by atoms with Crippen molar-refractivity contribution in [1.82, 2.24) is 20.6 Å². The molecule has 0 fully saturated rings. The van der Waals surface area contributed by atoms with Crippen LogP contribution in [0.25, 0.3) is 10.9 Å². The Morgan fingerprint density at radius 2 is 1.89 bits per heavy atom. The summed E-state index contributed by atoms with van der Waals surface area (Å²) in [6.07, 6.45) is 3.99. The largest absolute Gasteiger partial charge is 0.361 e. The van der Waals surface area contributed by atoms with E-state index in [0.717, 1.165) is 37.6 Å². The highest BCUT2D eigenvalue weighted by Crippen LogP contribution is 2.21. The molecule has 0 unspecified atom stereocenters. The van der Waals surface area contributed by atoms with Crippen molar-refractivity contribution in [1.29, 1.82) is 0 Å². The molecule has 5 nitrogen and oxygen atoms in total. The summed E-state index contributed by atoms with van der Waals surface area (Å²) in [6, 6.07) is 6.43. The Morgan fingerprint density at radius 1 is 1.15 bits per heavy atom. The SMILES string of the molecule is CN=C(NCCc1nc(C)c(C)s1)NCCc1c[nH]c2c(C)cccc12.I. The summed E-state index contributed by atoms with van der Waals surface area (Å²) in [5, 5.41) is 9.26. The number of hydrogen-bond acceptors (Lipinski definition) is 3. The summed E-state index contributed by atoms with van der Waals surface area (Å²) in [5.41, 5.74) is 4.99. The third-order valence-corrected chi connectivity index (χ3v) is 5.76. The van der Waals surface area contributed by atoms with E-state index in [-0.39, 0.29) is 24.0 Å². The molecule has 7 heteroatoms. The molecule has 0 spiro atoms. The van der Waals surface area contributed by atoms with Crippen molar-refractivity contribution in [3.8, 4) is 0 Å². The van der Waals surface area contributed by atoms with Gasteiger partial charge >= 0.3 is 0 Å². The summed E-state index contributed by atoms with van der Waals surface area (Å²) in [5.74, 6) is 0.839. The predicted molar refractivity (Wildman–Crippen MR) is 127 cm³/mol. The number of nitrogens with zero attached hydrogens (tertiary/aromatic N) is 2. The van der Waals surface area contributed by atoms with E-state index in [1.165, 1.54) is 31.9 Å². The molecule has 0 aliphatic rings. The molecule has 3 N–H and O–H groups in total. The van der Waals surface area contributed by atoms with Gasteiger partial charge in [0.05, 0.1) is 10.7 Å². The quantitative estimate of drug-likeness (QED) is 0.273. The zero-order chi connectivity index (χ0) is 18.5. The molecule has 0 aliphatic carbocycles. The maximum atomic E-state index is 4.58. The van der Waals surface area contributed by atoms with Crippen molar-refractivity contribution >= 4 is 52.2 Å². The molecule has 0 amide bonds. The Labute approximate surface area is 182 Å². The van der Waals surface area contributed by atoms with Gasteiger partial charge in [-0.05, 0) is 38.3 Å². The van der Waals surface area contributed by atoms with E-state index in [0.29, 0.717) is 0 Å². The standard InChI is InChI=1S/C20H27N5S.HI/c1-13-6-5-7-17-16(12-24-19(13)17)8-10-22-20(21-4)23-11-9-18-25-14(2)15(3)26-18;/h5-7,12,24H,8-11H2,1-4H3,(H2,21,22,23);1H. The third-order valence-electron chi connectivity index (χ3n) is 4.62. The van der Waals surface area contributed by atoms with Crippen LogP contribution in [0.15, 0.2) is 29.4 Å². The number of H-pyrrole nitrogens is 1. The zero-order valence-corrected chi connectivity index (χ0v) is 19.5. The van der Waals surface area contributed by atoms with Crippen LogP contribution in [0.3, 0.4) is 0 Å². The molecule has 0 bridgehead atoms. The highest BCUT2D eigenvalue weighted by atomic mass is 127. The van der Waals surface area contributed by atoms with Gasteiger partial charge in [-0.2, -0.15) is 0 Å². The fourth-order valence-electron chi connectivity index (χ4n) is 3.04. The van der Waals surface area contributed by atoms with E-state index in [1.54, 1.807) is 11.3 Å². The minimum Gasteiger partial charge on any atom is -0.361 e. The molecular weight excluding hydrogens is 469 g/mol. The molecule has 0 saturated heterocycles. The van der Waals surface area contributed by atoms with E-state index in [9.17, 15) is 0 Å². The van der Waals surface area contributed by atoms with Gasteiger partial charge in [0.1, 0.15) is 0 Å². The van der Waals surface area contributed by atoms with Crippen molar-refractivity contribution < 1.29 is 0 Å². The van der Waals surface area contributed by atoms with Crippen LogP contribution in [0, 0.1) is 20.8 Å². The van der Waals surface area contributed by atoms with E-state index >= 15 is 0 Å². The monoisotopic (exact) mass is 497 g/mol. The second kappa shape index (κ2) is 10.1. The van der Waals surface area contributed by atoms with Crippen LogP contribution in [0.1, 0.15) is 26.7 Å². The second-order valence-electron chi connectivity index (χ2n) is 6.49. The number of aliphatic imine (C=N–C) groups is 1. The molecule has 0 radical (unpaired) electrons. The van der Waals surface area contributed by atoms with E-state index < -0.39 is 0 Å². The number of fused-ring (bicyclic) bond motifs is 1. The van der Waals surface area contributed by atoms with Crippen molar-refractivity contribution in [2.45, 2.75) is 33.6 Å². The maximum absolute atomic E-state index is 4.58. The van der Waals surface area contributed by atoms with E-state index in [4.69, 9.17) is 0 Å². The maximum Gasteiger partial charge on any atom is 0.191 e. The number of nitrogens with one attached hydrogen (secondary N) is 3. The molecule has 2 aromatic heterocycles. The van der Waals surface area contributed by atoms with E-state index in [1.807, 2.05) is 7.05 Å². The highest BCUT2D eigenvalue weighted by Gasteiger charge is 2.06. The lowest BCUT2D eigenvalue weighted by Gasteiger charge is -2.11. The lowest BCUT2D eigenvalue weighted by atomic mass is 10.1. The topological polar surface area (TPSA) is 65.1 Å². The number of halogens is 1. The average Bonchev–Trinajstić information content (AvgIpc) is 3.18. The number of guanidine groups is 1. The Morgan fingerprint density at radius 3 is 2.56 bits per heavy atom. The number of thiazole rings is 1. The summed E-state index contributed by atoms with van der Waals surface area (Å²) in [6.45, 7) is 8.00. The molecule has 146 valence electrons. The number of hydrogen-bond donors (Lipinski definition) is 3. The number of aromatic nitrogens is 2. The smallest absolute Gasteiger partial charge is 0.191 e. The van der Waals surface area contributed by atoms with Gasteiger partial charge in [-0.15, -0.1) is 35.3 Å². The number of rotatable bonds is 6. The fourth-order valence-corrected chi connectivity index (χ4v) is 3.97. The lowest BCUT2D eigenvalue weighted by Crippen LogP contribution is -2.39. The number of para-hydroxylation sites is 1. The molecule has 3 rings (SSSR count). The zero-order valence-electron chi connectivity index (χ0n) is 16.3.